The molecule has 0 aliphatic heterocycles. The van der Waals surface area contributed by atoms with Gasteiger partial charge in [-0.15, -0.1) is 0 Å². The van der Waals surface area contributed by atoms with Crippen molar-refractivity contribution in [3.63, 3.8) is 0 Å². The van der Waals surface area contributed by atoms with Gasteiger partial charge in [0, 0.05) is 45.1 Å². The Labute approximate surface area is 162 Å². The summed E-state index contributed by atoms with van der Waals surface area (Å²) in [6.45, 7) is 0.503. The summed E-state index contributed by atoms with van der Waals surface area (Å²) < 4.78 is 1.72. The highest BCUT2D eigenvalue weighted by Crippen LogP contribution is 2.26. The van der Waals surface area contributed by atoms with Crippen molar-refractivity contribution < 1.29 is 14.7 Å². The minimum absolute atomic E-state index is 0.110. The van der Waals surface area contributed by atoms with Crippen molar-refractivity contribution in [2.24, 2.45) is 13.0 Å². The number of nitrogens with one attached hydrogen (secondary N) is 3. The van der Waals surface area contributed by atoms with Crippen molar-refractivity contribution in [3.8, 4) is 0 Å². The second-order valence-corrected chi connectivity index (χ2v) is 6.92. The van der Waals surface area contributed by atoms with Gasteiger partial charge in [-0.2, -0.15) is 5.10 Å². The van der Waals surface area contributed by atoms with E-state index in [0.717, 1.165) is 5.56 Å². The van der Waals surface area contributed by atoms with E-state index < -0.39 is 12.1 Å². The first kappa shape index (κ1) is 19.7. The molecule has 1 saturated carbocycles. The number of hydrogen-bond donors (Lipinski definition) is 4. The predicted molar refractivity (Wildman–Crippen MR) is 101 cm³/mol. The third kappa shape index (κ3) is 4.83. The number of aromatic nitrogens is 4. The van der Waals surface area contributed by atoms with E-state index >= 15 is 0 Å². The molecule has 0 spiro atoms. The lowest BCUT2D eigenvalue weighted by molar-refractivity contribution is -0.125. The number of aryl methyl sites for hydroxylation is 1. The molecule has 0 aromatic carbocycles. The predicted octanol–water partition coefficient (Wildman–Crippen LogP) is -0.520. The Morgan fingerprint density at radius 3 is 2.64 bits per heavy atom. The van der Waals surface area contributed by atoms with Crippen LogP contribution in [0, 0.1) is 5.92 Å². The number of nitrogens with zero attached hydrogens (tertiary/aromatic N) is 4. The van der Waals surface area contributed by atoms with Gasteiger partial charge in [0.05, 0.1) is 23.9 Å². The maximum atomic E-state index is 12.4. The van der Waals surface area contributed by atoms with Crippen LogP contribution >= 0.6 is 0 Å². The zero-order valence-electron chi connectivity index (χ0n) is 15.9. The lowest BCUT2D eigenvalue weighted by Crippen LogP contribution is -2.40. The highest BCUT2D eigenvalue weighted by molar-refractivity contribution is 5.94. The second-order valence-electron chi connectivity index (χ2n) is 6.92. The van der Waals surface area contributed by atoms with E-state index in [1.165, 1.54) is 12.4 Å². The molecule has 1 aliphatic rings. The summed E-state index contributed by atoms with van der Waals surface area (Å²) in [4.78, 5) is 32.7. The van der Waals surface area contributed by atoms with Crippen LogP contribution in [-0.4, -0.2) is 62.4 Å². The Morgan fingerprint density at radius 2 is 2.00 bits per heavy atom. The van der Waals surface area contributed by atoms with E-state index in [1.54, 1.807) is 17.9 Å². The largest absolute Gasteiger partial charge is 0.391 e. The maximum Gasteiger partial charge on any atom is 0.254 e. The van der Waals surface area contributed by atoms with Gasteiger partial charge < -0.3 is 21.1 Å². The first-order valence-electron chi connectivity index (χ1n) is 9.20. The normalized spacial score (nSPS) is 21.3. The number of carbonyl (C=O) groups is 2. The van der Waals surface area contributed by atoms with Gasteiger partial charge in [-0.3, -0.25) is 14.3 Å². The Morgan fingerprint density at radius 1 is 1.25 bits per heavy atom. The fourth-order valence-corrected chi connectivity index (χ4v) is 3.29. The summed E-state index contributed by atoms with van der Waals surface area (Å²) in [5.41, 5.74) is 1.35. The minimum atomic E-state index is -0.768. The summed E-state index contributed by atoms with van der Waals surface area (Å²) in [5, 5.41) is 22.8. The van der Waals surface area contributed by atoms with E-state index in [4.69, 9.17) is 0 Å². The van der Waals surface area contributed by atoms with Crippen LogP contribution in [0.1, 0.15) is 28.8 Å². The maximum absolute atomic E-state index is 12.4. The lowest BCUT2D eigenvalue weighted by atomic mass is 10.1. The topological polar surface area (TPSA) is 134 Å². The van der Waals surface area contributed by atoms with Crippen LogP contribution < -0.4 is 16.0 Å². The average molecular weight is 387 g/mol. The van der Waals surface area contributed by atoms with E-state index in [2.05, 4.69) is 31.0 Å². The summed E-state index contributed by atoms with van der Waals surface area (Å²) in [6.07, 6.45) is 7.14. The summed E-state index contributed by atoms with van der Waals surface area (Å²) >= 11 is 0. The molecule has 10 heteroatoms. The molecule has 0 radical (unpaired) electrons. The Bertz CT molecular complexity index is 821. The summed E-state index contributed by atoms with van der Waals surface area (Å²) in [7, 11) is 3.53. The van der Waals surface area contributed by atoms with E-state index in [0.29, 0.717) is 37.3 Å². The van der Waals surface area contributed by atoms with Crippen LogP contribution in [0.5, 0.6) is 0 Å². The molecule has 2 heterocycles. The summed E-state index contributed by atoms with van der Waals surface area (Å²) in [5.74, 6) is -0.400. The fourth-order valence-electron chi connectivity index (χ4n) is 3.29. The number of aliphatic hydroxyl groups is 1. The third-order valence-corrected chi connectivity index (χ3v) is 4.83. The minimum Gasteiger partial charge on any atom is -0.391 e. The van der Waals surface area contributed by atoms with Crippen LogP contribution in [0.25, 0.3) is 0 Å². The molecule has 3 atom stereocenters. The first-order valence-corrected chi connectivity index (χ1v) is 9.20. The molecule has 1 fully saturated rings. The van der Waals surface area contributed by atoms with Gasteiger partial charge in [0.2, 0.25) is 11.9 Å². The van der Waals surface area contributed by atoms with Crippen molar-refractivity contribution in [1.82, 2.24) is 30.4 Å². The van der Waals surface area contributed by atoms with Crippen LogP contribution in [0.15, 0.2) is 24.8 Å². The van der Waals surface area contributed by atoms with Crippen LogP contribution in [0.4, 0.5) is 5.95 Å². The van der Waals surface area contributed by atoms with Crippen molar-refractivity contribution in [2.45, 2.75) is 31.4 Å². The molecule has 0 bridgehead atoms. The number of rotatable bonds is 7. The van der Waals surface area contributed by atoms with E-state index in [9.17, 15) is 14.7 Å². The molecular weight excluding hydrogens is 362 g/mol. The van der Waals surface area contributed by atoms with Gasteiger partial charge in [0.15, 0.2) is 0 Å². The van der Waals surface area contributed by atoms with Crippen LogP contribution in [0.2, 0.25) is 0 Å². The molecule has 150 valence electrons. The van der Waals surface area contributed by atoms with Gasteiger partial charge in [0.1, 0.15) is 0 Å². The number of anilines is 1. The molecule has 1 aliphatic carbocycles. The van der Waals surface area contributed by atoms with Crippen molar-refractivity contribution in [2.75, 3.05) is 18.9 Å². The van der Waals surface area contributed by atoms with E-state index in [1.807, 2.05) is 13.2 Å². The quantitative estimate of drug-likeness (QED) is 0.502. The molecular formula is C18H25N7O3. The van der Waals surface area contributed by atoms with E-state index in [-0.39, 0.29) is 17.7 Å². The van der Waals surface area contributed by atoms with Gasteiger partial charge >= 0.3 is 0 Å². The SMILES string of the molecule is CNc1ncc(C(=O)N[C@@H]2C[C@H](C(=O)NCCc3cnn(C)c3)C[C@H]2O)cn1. The van der Waals surface area contributed by atoms with Crippen molar-refractivity contribution >= 4 is 17.8 Å². The standard InChI is InChI=1S/C18H25N7O3/c1-19-18-21-8-13(9-22-18)17(28)24-14-5-12(6-15(14)26)16(27)20-4-3-11-7-23-25(2)10-11/h7-10,12,14-15,26H,3-6H2,1-2H3,(H,20,27)(H,24,28)(H,19,21,22)/t12-,14+,15+/m0/s1. The van der Waals surface area contributed by atoms with Crippen LogP contribution in [-0.2, 0) is 18.3 Å². The molecule has 2 amide bonds. The average Bonchev–Trinajstić information content (AvgIpc) is 3.27. The smallest absolute Gasteiger partial charge is 0.254 e. The zero-order chi connectivity index (χ0) is 20.1. The second kappa shape index (κ2) is 8.79. The molecule has 10 nitrogen and oxygen atoms in total. The molecule has 2 aromatic heterocycles. The van der Waals surface area contributed by atoms with Gasteiger partial charge in [-0.05, 0) is 24.8 Å². The number of aliphatic hydroxyl groups excluding tert-OH is 1. The number of amides is 2. The Kier molecular flexibility index (Phi) is 6.19. The highest BCUT2D eigenvalue weighted by atomic mass is 16.3. The van der Waals surface area contributed by atoms with Crippen molar-refractivity contribution in [1.29, 1.82) is 0 Å². The Balaban J connectivity index is 1.47. The molecule has 3 rings (SSSR count). The van der Waals surface area contributed by atoms with Gasteiger partial charge in [-0.25, -0.2) is 9.97 Å². The molecule has 0 unspecified atom stereocenters. The lowest BCUT2D eigenvalue weighted by Gasteiger charge is -2.16. The Hall–Kier alpha value is -3.01. The van der Waals surface area contributed by atoms with Crippen molar-refractivity contribution in [3.05, 3.63) is 35.9 Å². The fraction of sp³-hybridized carbons (Fsp3) is 0.500. The van der Waals surface area contributed by atoms with Crippen LogP contribution in [0.3, 0.4) is 0 Å². The van der Waals surface area contributed by atoms with Gasteiger partial charge in [-0.1, -0.05) is 0 Å². The third-order valence-electron chi connectivity index (χ3n) is 4.83. The van der Waals surface area contributed by atoms with Gasteiger partial charge in [0.25, 0.3) is 5.91 Å². The number of hydrogen-bond acceptors (Lipinski definition) is 7. The molecule has 28 heavy (non-hydrogen) atoms. The first-order chi connectivity index (χ1) is 13.5. The molecule has 0 saturated heterocycles. The zero-order valence-corrected chi connectivity index (χ0v) is 15.9. The molecule has 2 aromatic rings. The monoisotopic (exact) mass is 387 g/mol. The highest BCUT2D eigenvalue weighted by Gasteiger charge is 2.37. The summed E-state index contributed by atoms with van der Waals surface area (Å²) in [6, 6.07) is -0.481. The molecule has 4 N–H and O–H groups in total. The number of carbonyl (C=O) groups excluding carboxylic acids is 2.